The van der Waals surface area contributed by atoms with E-state index in [1.165, 1.54) is 6.20 Å². The molecule has 0 bridgehead atoms. The van der Waals surface area contributed by atoms with Crippen LogP contribution in [0.1, 0.15) is 12.8 Å². The monoisotopic (exact) mass is 250 g/mol. The van der Waals surface area contributed by atoms with Gasteiger partial charge in [0.15, 0.2) is 0 Å². The van der Waals surface area contributed by atoms with Crippen molar-refractivity contribution < 1.29 is 4.79 Å². The fourth-order valence-electron chi connectivity index (χ4n) is 3.19. The number of hydrogen-bond donors (Lipinski definition) is 3. The van der Waals surface area contributed by atoms with E-state index in [0.29, 0.717) is 17.7 Å². The van der Waals surface area contributed by atoms with E-state index in [4.69, 9.17) is 11.5 Å². The molecule has 2 unspecified atom stereocenters. The molecule has 5 heteroatoms. The van der Waals surface area contributed by atoms with Crippen molar-refractivity contribution in [2.24, 2.45) is 29.2 Å². The Bertz CT molecular complexity index is 363. The Morgan fingerprint density at radius 3 is 2.50 bits per heavy atom. The topological polar surface area (TPSA) is 84.4 Å². The lowest BCUT2D eigenvalue weighted by atomic mass is 10.0. The first kappa shape index (κ1) is 13.0. The molecule has 1 amide bonds. The summed E-state index contributed by atoms with van der Waals surface area (Å²) in [5.74, 6) is 1.88. The van der Waals surface area contributed by atoms with Gasteiger partial charge in [0.1, 0.15) is 5.82 Å². The zero-order valence-corrected chi connectivity index (χ0v) is 10.8. The molecule has 5 nitrogen and oxygen atoms in total. The number of nitrogens with one attached hydrogen (secondary N) is 1. The third kappa shape index (κ3) is 2.85. The molecule has 0 aromatic heterocycles. The summed E-state index contributed by atoms with van der Waals surface area (Å²) < 4.78 is 0. The summed E-state index contributed by atoms with van der Waals surface area (Å²) in [5.41, 5.74) is 10.9. The van der Waals surface area contributed by atoms with Gasteiger partial charge in [0.05, 0.1) is 0 Å². The smallest absolute Gasteiger partial charge is 0.228 e. The SMILES string of the molecule is CN1CC2CC(C(=O)N/C(N)=C/C=C\N)CC2C1. The molecule has 1 saturated carbocycles. The molecule has 0 spiro atoms. The summed E-state index contributed by atoms with van der Waals surface area (Å²) in [6, 6.07) is 0. The zero-order chi connectivity index (χ0) is 13.1. The highest BCUT2D eigenvalue weighted by atomic mass is 16.2. The predicted octanol–water partition coefficient (Wildman–Crippen LogP) is -0.0371. The van der Waals surface area contributed by atoms with Crippen LogP contribution in [0.2, 0.25) is 0 Å². The van der Waals surface area contributed by atoms with Gasteiger partial charge in [-0.05, 0) is 50.1 Å². The van der Waals surface area contributed by atoms with Crippen LogP contribution in [0.5, 0.6) is 0 Å². The molecule has 5 N–H and O–H groups in total. The van der Waals surface area contributed by atoms with Gasteiger partial charge >= 0.3 is 0 Å². The molecule has 100 valence electrons. The summed E-state index contributed by atoms with van der Waals surface area (Å²) in [6.45, 7) is 2.24. The van der Waals surface area contributed by atoms with E-state index in [1.54, 1.807) is 12.2 Å². The normalized spacial score (nSPS) is 32.9. The minimum absolute atomic E-state index is 0.0474. The van der Waals surface area contributed by atoms with Crippen molar-refractivity contribution in [3.05, 3.63) is 24.2 Å². The molecule has 0 radical (unpaired) electrons. The van der Waals surface area contributed by atoms with Crippen molar-refractivity contribution in [3.8, 4) is 0 Å². The zero-order valence-electron chi connectivity index (χ0n) is 10.8. The molecule has 1 saturated heterocycles. The van der Waals surface area contributed by atoms with Gasteiger partial charge in [-0.3, -0.25) is 4.79 Å². The van der Waals surface area contributed by atoms with Crippen LogP contribution in [-0.4, -0.2) is 30.9 Å². The quantitative estimate of drug-likeness (QED) is 0.614. The second-order valence-corrected chi connectivity index (χ2v) is 5.41. The first-order chi connectivity index (χ1) is 8.60. The van der Waals surface area contributed by atoms with Crippen molar-refractivity contribution in [2.45, 2.75) is 12.8 Å². The highest BCUT2D eigenvalue weighted by molar-refractivity contribution is 5.80. The van der Waals surface area contributed by atoms with E-state index in [0.717, 1.165) is 25.9 Å². The van der Waals surface area contributed by atoms with Gasteiger partial charge in [-0.15, -0.1) is 0 Å². The van der Waals surface area contributed by atoms with Crippen molar-refractivity contribution >= 4 is 5.91 Å². The molecule has 18 heavy (non-hydrogen) atoms. The van der Waals surface area contributed by atoms with Gasteiger partial charge < -0.3 is 21.7 Å². The number of rotatable bonds is 3. The number of likely N-dealkylation sites (tertiary alicyclic amines) is 1. The van der Waals surface area contributed by atoms with Crippen LogP contribution < -0.4 is 16.8 Å². The number of fused-ring (bicyclic) bond motifs is 1. The summed E-state index contributed by atoms with van der Waals surface area (Å²) in [5, 5.41) is 2.74. The van der Waals surface area contributed by atoms with E-state index in [2.05, 4.69) is 17.3 Å². The highest BCUT2D eigenvalue weighted by Gasteiger charge is 2.42. The van der Waals surface area contributed by atoms with E-state index in [9.17, 15) is 4.79 Å². The van der Waals surface area contributed by atoms with Crippen LogP contribution in [0.4, 0.5) is 0 Å². The number of carbonyl (C=O) groups is 1. The second-order valence-electron chi connectivity index (χ2n) is 5.41. The molecule has 0 aromatic rings. The Morgan fingerprint density at radius 1 is 1.33 bits per heavy atom. The Labute approximate surface area is 108 Å². The minimum atomic E-state index is 0.0474. The number of amides is 1. The first-order valence-corrected chi connectivity index (χ1v) is 6.43. The van der Waals surface area contributed by atoms with Crippen molar-refractivity contribution in [2.75, 3.05) is 20.1 Å². The summed E-state index contributed by atoms with van der Waals surface area (Å²) in [6.07, 6.45) is 6.56. The lowest BCUT2D eigenvalue weighted by Crippen LogP contribution is -2.33. The third-order valence-corrected chi connectivity index (χ3v) is 3.96. The standard InChI is InChI=1S/C13H22N4O/c1-17-7-10-5-9(6-11(10)8-17)13(18)16-12(15)3-2-4-14/h2-4,9-11H,5-8,14-15H2,1H3,(H,16,18)/b4-2-,12-3+. The third-order valence-electron chi connectivity index (χ3n) is 3.96. The number of nitrogens with two attached hydrogens (primary N) is 2. The molecule has 2 aliphatic rings. The Hall–Kier alpha value is -1.49. The molecular formula is C13H22N4O. The van der Waals surface area contributed by atoms with Crippen LogP contribution in [0, 0.1) is 17.8 Å². The van der Waals surface area contributed by atoms with Gasteiger partial charge in [-0.25, -0.2) is 0 Å². The minimum Gasteiger partial charge on any atom is -0.405 e. The van der Waals surface area contributed by atoms with Crippen LogP contribution >= 0.6 is 0 Å². The average molecular weight is 250 g/mol. The van der Waals surface area contributed by atoms with Gasteiger partial charge in [-0.2, -0.15) is 0 Å². The maximum Gasteiger partial charge on any atom is 0.228 e. The van der Waals surface area contributed by atoms with Crippen LogP contribution in [0.3, 0.4) is 0 Å². The van der Waals surface area contributed by atoms with Gasteiger partial charge in [0, 0.05) is 19.0 Å². The lowest BCUT2D eigenvalue weighted by Gasteiger charge is -2.14. The van der Waals surface area contributed by atoms with Crippen molar-refractivity contribution in [1.82, 2.24) is 10.2 Å². The van der Waals surface area contributed by atoms with E-state index in [1.807, 2.05) is 0 Å². The van der Waals surface area contributed by atoms with Gasteiger partial charge in [0.2, 0.25) is 5.91 Å². The van der Waals surface area contributed by atoms with Gasteiger partial charge in [0.25, 0.3) is 0 Å². The molecule has 1 aliphatic carbocycles. The predicted molar refractivity (Wildman–Crippen MR) is 70.9 cm³/mol. The van der Waals surface area contributed by atoms with E-state index < -0.39 is 0 Å². The van der Waals surface area contributed by atoms with E-state index in [-0.39, 0.29) is 11.8 Å². The molecule has 1 heterocycles. The van der Waals surface area contributed by atoms with Crippen LogP contribution in [0.15, 0.2) is 24.2 Å². The van der Waals surface area contributed by atoms with Crippen molar-refractivity contribution in [1.29, 1.82) is 0 Å². The first-order valence-electron chi connectivity index (χ1n) is 6.43. The Balaban J connectivity index is 1.85. The molecule has 2 fully saturated rings. The number of carbonyl (C=O) groups excluding carboxylic acids is 1. The van der Waals surface area contributed by atoms with Gasteiger partial charge in [-0.1, -0.05) is 0 Å². The maximum absolute atomic E-state index is 12.0. The van der Waals surface area contributed by atoms with Crippen LogP contribution in [-0.2, 0) is 4.79 Å². The van der Waals surface area contributed by atoms with E-state index >= 15 is 0 Å². The Kier molecular flexibility index (Phi) is 3.91. The molecule has 2 rings (SSSR count). The number of hydrogen-bond acceptors (Lipinski definition) is 4. The number of nitrogens with zero attached hydrogens (tertiary/aromatic N) is 1. The largest absolute Gasteiger partial charge is 0.405 e. The molecular weight excluding hydrogens is 228 g/mol. The second kappa shape index (κ2) is 5.44. The molecule has 2 atom stereocenters. The molecule has 0 aromatic carbocycles. The summed E-state index contributed by atoms with van der Waals surface area (Å²) >= 11 is 0. The average Bonchev–Trinajstić information content (AvgIpc) is 2.83. The summed E-state index contributed by atoms with van der Waals surface area (Å²) in [4.78, 5) is 14.4. The summed E-state index contributed by atoms with van der Waals surface area (Å²) in [7, 11) is 2.15. The number of allylic oxidation sites excluding steroid dienone is 2. The Morgan fingerprint density at radius 2 is 1.94 bits per heavy atom. The van der Waals surface area contributed by atoms with Crippen LogP contribution in [0.25, 0.3) is 0 Å². The fraction of sp³-hybridized carbons (Fsp3) is 0.615. The molecule has 1 aliphatic heterocycles. The highest BCUT2D eigenvalue weighted by Crippen LogP contribution is 2.41. The van der Waals surface area contributed by atoms with Crippen molar-refractivity contribution in [3.63, 3.8) is 0 Å². The lowest BCUT2D eigenvalue weighted by molar-refractivity contribution is -0.124. The maximum atomic E-state index is 12.0. The fourth-order valence-corrected chi connectivity index (χ4v) is 3.19.